The number of hydrogen-bond donors (Lipinski definition) is 0. The van der Waals surface area contributed by atoms with Crippen molar-refractivity contribution in [2.24, 2.45) is 5.41 Å². The van der Waals surface area contributed by atoms with E-state index in [4.69, 9.17) is 26.3 Å². The minimum Gasteiger partial charge on any atom is -0.481 e. The third kappa shape index (κ3) is 4.85. The van der Waals surface area contributed by atoms with Crippen LogP contribution in [0.3, 0.4) is 0 Å². The fourth-order valence-corrected chi connectivity index (χ4v) is 6.14. The normalized spacial score (nSPS) is 21.8. The highest BCUT2D eigenvalue weighted by atomic mass is 79.9. The lowest BCUT2D eigenvalue weighted by molar-refractivity contribution is -0.153. The summed E-state index contributed by atoms with van der Waals surface area (Å²) in [4.78, 5) is 14.4. The first-order valence-corrected chi connectivity index (χ1v) is 13.1. The summed E-state index contributed by atoms with van der Waals surface area (Å²) in [6.07, 6.45) is 3.48. The van der Waals surface area contributed by atoms with E-state index in [-0.39, 0.29) is 21.2 Å². The molecule has 2 saturated heterocycles. The summed E-state index contributed by atoms with van der Waals surface area (Å²) in [5.41, 5.74) is 0.862. The minimum absolute atomic E-state index is 0.0325. The maximum atomic E-state index is 13.0. The highest BCUT2D eigenvalue weighted by molar-refractivity contribution is 9.10. The van der Waals surface area contributed by atoms with Crippen LogP contribution in [-0.4, -0.2) is 60.9 Å². The smallest absolute Gasteiger partial charge is 0.422 e. The Morgan fingerprint density at radius 1 is 1.12 bits per heavy atom. The van der Waals surface area contributed by atoms with E-state index in [1.807, 2.05) is 0 Å². The van der Waals surface area contributed by atoms with Gasteiger partial charge in [0.25, 0.3) is 0 Å². The maximum absolute atomic E-state index is 13.0. The predicted octanol–water partition coefficient (Wildman–Crippen LogP) is 6.57. The van der Waals surface area contributed by atoms with Crippen LogP contribution in [-0.2, 0) is 0 Å². The number of likely N-dealkylation sites (tertiary alicyclic amines) is 1. The van der Waals surface area contributed by atoms with E-state index in [2.05, 4.69) is 32.8 Å². The van der Waals surface area contributed by atoms with Crippen LogP contribution in [0.1, 0.15) is 56.7 Å². The number of halogens is 5. The van der Waals surface area contributed by atoms with Gasteiger partial charge in [-0.3, -0.25) is 0 Å². The number of piperidine rings is 2. The van der Waals surface area contributed by atoms with Crippen LogP contribution in [0.5, 0.6) is 5.75 Å². The van der Waals surface area contributed by atoms with Crippen molar-refractivity contribution in [1.29, 1.82) is 0 Å². The molecule has 5 nitrogen and oxygen atoms in total. The molecule has 1 spiro atoms. The lowest BCUT2D eigenvalue weighted by Crippen LogP contribution is -2.44. The van der Waals surface area contributed by atoms with Crippen LogP contribution in [0.4, 0.5) is 19.0 Å². The minimum atomic E-state index is -4.47. The molecule has 2 aromatic rings. The molecule has 0 atom stereocenters. The molecule has 0 N–H and O–H groups in total. The number of rotatable bonds is 4. The van der Waals surface area contributed by atoms with Gasteiger partial charge in [-0.05, 0) is 86.1 Å². The summed E-state index contributed by atoms with van der Waals surface area (Å²) in [7, 11) is 2.09. The first kappa shape index (κ1) is 24.4. The van der Waals surface area contributed by atoms with E-state index < -0.39 is 12.8 Å². The van der Waals surface area contributed by atoms with Gasteiger partial charge in [0.15, 0.2) is 12.4 Å². The van der Waals surface area contributed by atoms with Gasteiger partial charge in [-0.25, -0.2) is 9.97 Å². The molecule has 0 amide bonds. The van der Waals surface area contributed by atoms with Crippen molar-refractivity contribution >= 4 is 44.3 Å². The van der Waals surface area contributed by atoms with Crippen molar-refractivity contribution in [2.75, 3.05) is 44.7 Å². The number of benzene rings is 1. The number of alkyl halides is 3. The van der Waals surface area contributed by atoms with Gasteiger partial charge in [0.2, 0.25) is 0 Å². The number of aromatic nitrogens is 2. The van der Waals surface area contributed by atoms with Gasteiger partial charge in [-0.15, -0.1) is 0 Å². The summed E-state index contributed by atoms with van der Waals surface area (Å²) in [5.74, 6) is 1.64. The van der Waals surface area contributed by atoms with Gasteiger partial charge in [0.05, 0.1) is 9.50 Å². The Labute approximate surface area is 211 Å². The topological polar surface area (TPSA) is 41.5 Å². The molecule has 1 aromatic heterocycles. The second-order valence-corrected chi connectivity index (χ2v) is 11.3. The Balaban J connectivity index is 1.59. The summed E-state index contributed by atoms with van der Waals surface area (Å²) in [5, 5.41) is 0.931. The number of ether oxygens (including phenoxy) is 1. The van der Waals surface area contributed by atoms with Crippen LogP contribution in [0.25, 0.3) is 10.9 Å². The monoisotopic (exact) mass is 560 g/mol. The molecule has 0 bridgehead atoms. The van der Waals surface area contributed by atoms with Gasteiger partial charge < -0.3 is 14.5 Å². The van der Waals surface area contributed by atoms with E-state index in [1.54, 1.807) is 6.07 Å². The lowest BCUT2D eigenvalue weighted by Gasteiger charge is -2.48. The molecule has 34 heavy (non-hydrogen) atoms. The van der Waals surface area contributed by atoms with Crippen molar-refractivity contribution in [3.05, 3.63) is 21.4 Å². The second kappa shape index (κ2) is 9.28. The Hall–Kier alpha value is -1.32. The fraction of sp³-hybridized carbons (Fsp3) is 0.667. The van der Waals surface area contributed by atoms with Gasteiger partial charge in [-0.1, -0.05) is 18.0 Å². The number of nitrogens with zero attached hydrogens (tertiary/aromatic N) is 4. The third-order valence-electron chi connectivity index (χ3n) is 7.84. The Kier molecular flexibility index (Phi) is 6.66. The van der Waals surface area contributed by atoms with E-state index >= 15 is 0 Å². The average Bonchev–Trinajstić information content (AvgIpc) is 2.78. The molecule has 186 valence electrons. The molecule has 0 radical (unpaired) electrons. The SMILES string of the molecule is CN1CCC(c2nc(N3CCC4(CCC4)CC3)c3cc(Cl)c(Br)c(OCC(F)(F)F)c3n2)CC1. The Morgan fingerprint density at radius 2 is 1.79 bits per heavy atom. The molecule has 3 aliphatic rings. The van der Waals surface area contributed by atoms with E-state index in [9.17, 15) is 13.2 Å². The number of fused-ring (bicyclic) bond motifs is 1. The molecular formula is C24H29BrClF3N4O. The number of anilines is 1. The largest absolute Gasteiger partial charge is 0.481 e. The Bertz CT molecular complexity index is 1060. The summed E-state index contributed by atoms with van der Waals surface area (Å²) in [6, 6.07) is 1.75. The molecule has 1 aromatic carbocycles. The average molecular weight is 562 g/mol. The van der Waals surface area contributed by atoms with Crippen LogP contribution in [0, 0.1) is 5.41 Å². The van der Waals surface area contributed by atoms with E-state index in [0.717, 1.165) is 57.7 Å². The van der Waals surface area contributed by atoms with Crippen LogP contribution in [0.15, 0.2) is 10.5 Å². The van der Waals surface area contributed by atoms with Gasteiger partial charge in [0, 0.05) is 24.4 Å². The molecule has 0 unspecified atom stereocenters. The van der Waals surface area contributed by atoms with Crippen molar-refractivity contribution in [3.63, 3.8) is 0 Å². The maximum Gasteiger partial charge on any atom is 0.422 e. The van der Waals surface area contributed by atoms with E-state index in [0.29, 0.717) is 22.1 Å². The highest BCUT2D eigenvalue weighted by Crippen LogP contribution is 2.50. The summed E-state index contributed by atoms with van der Waals surface area (Å²) in [6.45, 7) is 2.23. The lowest BCUT2D eigenvalue weighted by atomic mass is 9.63. The van der Waals surface area contributed by atoms with Gasteiger partial charge in [-0.2, -0.15) is 13.2 Å². The first-order valence-electron chi connectivity index (χ1n) is 12.0. The zero-order valence-corrected chi connectivity index (χ0v) is 21.6. The molecule has 2 aliphatic heterocycles. The van der Waals surface area contributed by atoms with Crippen LogP contribution >= 0.6 is 27.5 Å². The molecule has 1 saturated carbocycles. The zero-order chi connectivity index (χ0) is 24.1. The van der Waals surface area contributed by atoms with Gasteiger partial charge >= 0.3 is 6.18 Å². The standard InChI is InChI=1S/C24H29BrClF3N4O/c1-32-9-3-15(4-10-32)21-30-19-16(13-17(26)18(25)20(19)34-14-24(27,28)29)22(31-21)33-11-7-23(8-12-33)5-2-6-23/h13,15H,2-12,14H2,1H3. The second-order valence-electron chi connectivity index (χ2n) is 10.1. The molecule has 5 rings (SSSR count). The molecule has 10 heteroatoms. The van der Waals surface area contributed by atoms with E-state index in [1.165, 1.54) is 19.3 Å². The zero-order valence-electron chi connectivity index (χ0n) is 19.2. The fourth-order valence-electron chi connectivity index (χ4n) is 5.53. The molecule has 3 fully saturated rings. The van der Waals surface area contributed by atoms with Crippen molar-refractivity contribution in [3.8, 4) is 5.75 Å². The quantitative estimate of drug-likeness (QED) is 0.423. The number of hydrogen-bond acceptors (Lipinski definition) is 5. The molecular weight excluding hydrogens is 533 g/mol. The molecule has 3 heterocycles. The van der Waals surface area contributed by atoms with Crippen LogP contribution in [0.2, 0.25) is 5.02 Å². The summed E-state index contributed by atoms with van der Waals surface area (Å²) >= 11 is 9.79. The van der Waals surface area contributed by atoms with Crippen molar-refractivity contribution in [1.82, 2.24) is 14.9 Å². The predicted molar refractivity (Wildman–Crippen MR) is 131 cm³/mol. The van der Waals surface area contributed by atoms with Crippen molar-refractivity contribution < 1.29 is 17.9 Å². The Morgan fingerprint density at radius 3 is 2.38 bits per heavy atom. The van der Waals surface area contributed by atoms with Gasteiger partial charge in [0.1, 0.15) is 17.2 Å². The third-order valence-corrected chi connectivity index (χ3v) is 9.15. The highest BCUT2D eigenvalue weighted by Gasteiger charge is 2.40. The molecule has 1 aliphatic carbocycles. The summed E-state index contributed by atoms with van der Waals surface area (Å²) < 4.78 is 44.7. The van der Waals surface area contributed by atoms with Crippen LogP contribution < -0.4 is 9.64 Å². The van der Waals surface area contributed by atoms with Crippen molar-refractivity contribution in [2.45, 2.75) is 57.0 Å². The first-order chi connectivity index (χ1) is 16.1.